The van der Waals surface area contributed by atoms with Crippen LogP contribution in [-0.2, 0) is 6.42 Å². The third kappa shape index (κ3) is 2.64. The van der Waals surface area contributed by atoms with Gasteiger partial charge < -0.3 is 5.73 Å². The first-order valence-corrected chi connectivity index (χ1v) is 6.64. The molecule has 0 aromatic heterocycles. The highest BCUT2D eigenvalue weighted by molar-refractivity contribution is 9.10. The maximum Gasteiger partial charge on any atom is 0.123 e. The van der Waals surface area contributed by atoms with Gasteiger partial charge in [-0.1, -0.05) is 22.4 Å². The van der Waals surface area contributed by atoms with Crippen LogP contribution in [-0.4, -0.2) is 6.54 Å². The van der Waals surface area contributed by atoms with Crippen LogP contribution in [0.4, 0.5) is 4.39 Å². The smallest absolute Gasteiger partial charge is 0.123 e. The Kier molecular flexibility index (Phi) is 3.98. The van der Waals surface area contributed by atoms with E-state index in [4.69, 9.17) is 5.73 Å². The molecule has 2 N–H and O–H groups in total. The molecule has 0 heterocycles. The summed E-state index contributed by atoms with van der Waals surface area (Å²) >= 11 is 3.48. The summed E-state index contributed by atoms with van der Waals surface area (Å²) in [6.45, 7) is 0.762. The van der Waals surface area contributed by atoms with Crippen LogP contribution in [0.2, 0.25) is 0 Å². The maximum absolute atomic E-state index is 13.2. The Labute approximate surface area is 104 Å². The SMILES string of the molecule is NCC1CCCC1Cc1cc(F)ccc1Br. The highest BCUT2D eigenvalue weighted by Gasteiger charge is 2.26. The van der Waals surface area contributed by atoms with Gasteiger partial charge in [-0.3, -0.25) is 0 Å². The van der Waals surface area contributed by atoms with Gasteiger partial charge in [-0.2, -0.15) is 0 Å². The molecule has 16 heavy (non-hydrogen) atoms. The van der Waals surface area contributed by atoms with Gasteiger partial charge in [0.05, 0.1) is 0 Å². The van der Waals surface area contributed by atoms with Gasteiger partial charge in [0.15, 0.2) is 0 Å². The Hall–Kier alpha value is -0.410. The normalized spacial score (nSPS) is 24.9. The summed E-state index contributed by atoms with van der Waals surface area (Å²) in [6, 6.07) is 4.91. The van der Waals surface area contributed by atoms with Crippen molar-refractivity contribution in [1.82, 2.24) is 0 Å². The molecule has 3 heteroatoms. The lowest BCUT2D eigenvalue weighted by molar-refractivity contribution is 0.393. The number of nitrogens with two attached hydrogens (primary N) is 1. The van der Waals surface area contributed by atoms with Crippen molar-refractivity contribution in [3.8, 4) is 0 Å². The lowest BCUT2D eigenvalue weighted by Gasteiger charge is -2.18. The largest absolute Gasteiger partial charge is 0.330 e. The molecule has 2 unspecified atom stereocenters. The highest BCUT2D eigenvalue weighted by Crippen LogP contribution is 2.35. The van der Waals surface area contributed by atoms with Crippen LogP contribution < -0.4 is 5.73 Å². The van der Waals surface area contributed by atoms with Gasteiger partial charge in [-0.05, 0) is 61.4 Å². The van der Waals surface area contributed by atoms with E-state index >= 15 is 0 Å². The zero-order chi connectivity index (χ0) is 11.5. The van der Waals surface area contributed by atoms with Gasteiger partial charge in [0.1, 0.15) is 5.82 Å². The van der Waals surface area contributed by atoms with Gasteiger partial charge >= 0.3 is 0 Å². The van der Waals surface area contributed by atoms with E-state index in [9.17, 15) is 4.39 Å². The molecule has 1 fully saturated rings. The number of halogens is 2. The first-order chi connectivity index (χ1) is 7.70. The van der Waals surface area contributed by atoms with Crippen LogP contribution in [0.5, 0.6) is 0 Å². The average molecular weight is 286 g/mol. The van der Waals surface area contributed by atoms with Gasteiger partial charge in [0.25, 0.3) is 0 Å². The third-order valence-electron chi connectivity index (χ3n) is 3.61. The summed E-state index contributed by atoms with van der Waals surface area (Å²) in [7, 11) is 0. The van der Waals surface area contributed by atoms with E-state index in [0.717, 1.165) is 23.0 Å². The van der Waals surface area contributed by atoms with Crippen molar-refractivity contribution in [2.24, 2.45) is 17.6 Å². The number of hydrogen-bond acceptors (Lipinski definition) is 1. The molecule has 0 saturated heterocycles. The van der Waals surface area contributed by atoms with Crippen LogP contribution in [0.1, 0.15) is 24.8 Å². The molecule has 1 aliphatic rings. The van der Waals surface area contributed by atoms with E-state index in [1.165, 1.54) is 25.3 Å². The van der Waals surface area contributed by atoms with Gasteiger partial charge in [0, 0.05) is 4.47 Å². The monoisotopic (exact) mass is 285 g/mol. The lowest BCUT2D eigenvalue weighted by atomic mass is 9.90. The predicted molar refractivity (Wildman–Crippen MR) is 67.7 cm³/mol. The standard InChI is InChI=1S/C13H17BrFN/c14-13-5-4-12(15)7-11(13)6-9-2-1-3-10(9)8-16/h4-5,7,9-10H,1-3,6,8,16H2. The van der Waals surface area contributed by atoms with Crippen LogP contribution in [0.3, 0.4) is 0 Å². The summed E-state index contributed by atoms with van der Waals surface area (Å²) in [4.78, 5) is 0. The molecular weight excluding hydrogens is 269 g/mol. The van der Waals surface area contributed by atoms with Crippen molar-refractivity contribution in [2.75, 3.05) is 6.54 Å². The van der Waals surface area contributed by atoms with Gasteiger partial charge in [0.2, 0.25) is 0 Å². The summed E-state index contributed by atoms with van der Waals surface area (Å²) in [6.07, 6.45) is 4.67. The predicted octanol–water partition coefficient (Wildman–Crippen LogP) is 3.51. The molecule has 1 aliphatic carbocycles. The highest BCUT2D eigenvalue weighted by atomic mass is 79.9. The maximum atomic E-state index is 13.2. The fourth-order valence-corrected chi connectivity index (χ4v) is 3.08. The molecule has 0 spiro atoms. The van der Waals surface area contributed by atoms with Gasteiger partial charge in [-0.15, -0.1) is 0 Å². The van der Waals surface area contributed by atoms with Crippen molar-refractivity contribution in [3.05, 3.63) is 34.1 Å². The van der Waals surface area contributed by atoms with Crippen molar-refractivity contribution in [2.45, 2.75) is 25.7 Å². The van der Waals surface area contributed by atoms with E-state index in [1.54, 1.807) is 12.1 Å². The molecule has 1 aromatic carbocycles. The second kappa shape index (κ2) is 5.28. The molecule has 0 bridgehead atoms. The summed E-state index contributed by atoms with van der Waals surface area (Å²) in [5.41, 5.74) is 6.83. The zero-order valence-corrected chi connectivity index (χ0v) is 10.8. The second-order valence-corrected chi connectivity index (χ2v) is 5.48. The number of benzene rings is 1. The van der Waals surface area contributed by atoms with Crippen LogP contribution in [0, 0.1) is 17.7 Å². The van der Waals surface area contributed by atoms with E-state index in [2.05, 4.69) is 15.9 Å². The molecule has 0 aliphatic heterocycles. The van der Waals surface area contributed by atoms with E-state index in [1.807, 2.05) is 0 Å². The molecule has 1 nitrogen and oxygen atoms in total. The molecular formula is C13H17BrFN. The van der Waals surface area contributed by atoms with Gasteiger partial charge in [-0.25, -0.2) is 4.39 Å². The van der Waals surface area contributed by atoms with Crippen molar-refractivity contribution in [1.29, 1.82) is 0 Å². The quantitative estimate of drug-likeness (QED) is 0.904. The van der Waals surface area contributed by atoms with Crippen LogP contribution in [0.15, 0.2) is 22.7 Å². The molecule has 1 aromatic rings. The Morgan fingerprint density at radius 1 is 1.31 bits per heavy atom. The molecule has 0 amide bonds. The first-order valence-electron chi connectivity index (χ1n) is 5.84. The topological polar surface area (TPSA) is 26.0 Å². The Morgan fingerprint density at radius 3 is 2.81 bits per heavy atom. The molecule has 2 rings (SSSR count). The Bertz CT molecular complexity index is 367. The van der Waals surface area contributed by atoms with E-state index in [-0.39, 0.29) is 5.82 Å². The number of rotatable bonds is 3. The third-order valence-corrected chi connectivity index (χ3v) is 4.38. The zero-order valence-electron chi connectivity index (χ0n) is 9.26. The lowest BCUT2D eigenvalue weighted by Crippen LogP contribution is -2.20. The van der Waals surface area contributed by atoms with Crippen molar-refractivity contribution < 1.29 is 4.39 Å². The van der Waals surface area contributed by atoms with Crippen molar-refractivity contribution in [3.63, 3.8) is 0 Å². The minimum absolute atomic E-state index is 0.152. The Balaban J connectivity index is 2.11. The Morgan fingerprint density at radius 2 is 2.06 bits per heavy atom. The van der Waals surface area contributed by atoms with E-state index in [0.29, 0.717) is 11.8 Å². The minimum Gasteiger partial charge on any atom is -0.330 e. The fourth-order valence-electron chi connectivity index (χ4n) is 2.67. The second-order valence-electron chi connectivity index (χ2n) is 4.63. The first kappa shape index (κ1) is 12.1. The summed E-state index contributed by atoms with van der Waals surface area (Å²) in [5.74, 6) is 1.10. The average Bonchev–Trinajstić information content (AvgIpc) is 2.71. The van der Waals surface area contributed by atoms with Crippen LogP contribution in [0.25, 0.3) is 0 Å². The fraction of sp³-hybridized carbons (Fsp3) is 0.538. The van der Waals surface area contributed by atoms with E-state index < -0.39 is 0 Å². The van der Waals surface area contributed by atoms with Crippen LogP contribution >= 0.6 is 15.9 Å². The molecule has 88 valence electrons. The minimum atomic E-state index is -0.152. The number of hydrogen-bond donors (Lipinski definition) is 1. The molecule has 1 saturated carbocycles. The van der Waals surface area contributed by atoms with Crippen molar-refractivity contribution >= 4 is 15.9 Å². The summed E-state index contributed by atoms with van der Waals surface area (Å²) in [5, 5.41) is 0. The summed E-state index contributed by atoms with van der Waals surface area (Å²) < 4.78 is 14.2. The molecule has 0 radical (unpaired) electrons. The molecule has 2 atom stereocenters.